The van der Waals surface area contributed by atoms with Crippen molar-refractivity contribution in [2.75, 3.05) is 6.54 Å². The summed E-state index contributed by atoms with van der Waals surface area (Å²) in [7, 11) is 0. The Bertz CT molecular complexity index is 1220. The van der Waals surface area contributed by atoms with Gasteiger partial charge in [-0.05, 0) is 30.3 Å². The lowest BCUT2D eigenvalue weighted by Gasteiger charge is -2.12. The van der Waals surface area contributed by atoms with Crippen LogP contribution in [0, 0.1) is 15.9 Å². The number of nitro benzene ring substituents is 1. The van der Waals surface area contributed by atoms with Crippen LogP contribution in [-0.4, -0.2) is 44.3 Å². The predicted octanol–water partition coefficient (Wildman–Crippen LogP) is 2.12. The molecule has 3 aromatic rings. The zero-order valence-electron chi connectivity index (χ0n) is 15.5. The molecule has 2 aromatic carbocycles. The first-order valence-electron chi connectivity index (χ1n) is 8.73. The molecular formula is C19H11FN4O7. The molecule has 11 nitrogen and oxygen atoms in total. The van der Waals surface area contributed by atoms with E-state index in [1.807, 2.05) is 0 Å². The summed E-state index contributed by atoms with van der Waals surface area (Å²) in [4.78, 5) is 51.9. The summed E-state index contributed by atoms with van der Waals surface area (Å²) >= 11 is 0. The van der Waals surface area contributed by atoms with Gasteiger partial charge >= 0.3 is 5.97 Å². The SMILES string of the molecule is O=C(CN1C(=O)c2cccc([N+](=O)[O-])c2C1=O)OCc1nc(-c2ccc(F)cc2)no1. The van der Waals surface area contributed by atoms with Crippen molar-refractivity contribution in [3.63, 3.8) is 0 Å². The van der Waals surface area contributed by atoms with E-state index in [0.29, 0.717) is 10.5 Å². The minimum Gasteiger partial charge on any atom is -0.454 e. The normalized spacial score (nSPS) is 12.7. The molecule has 0 bridgehead atoms. The van der Waals surface area contributed by atoms with Gasteiger partial charge in [-0.2, -0.15) is 4.98 Å². The third-order valence-corrected chi connectivity index (χ3v) is 4.39. The summed E-state index contributed by atoms with van der Waals surface area (Å²) in [6.45, 7) is -1.18. The Morgan fingerprint density at radius 3 is 2.61 bits per heavy atom. The molecule has 0 fully saturated rings. The number of amides is 2. The zero-order chi connectivity index (χ0) is 22.1. The fourth-order valence-electron chi connectivity index (χ4n) is 2.96. The molecule has 1 aliphatic heterocycles. The second kappa shape index (κ2) is 7.74. The number of ether oxygens (including phenoxy) is 1. The fourth-order valence-corrected chi connectivity index (χ4v) is 2.96. The van der Waals surface area contributed by atoms with Gasteiger partial charge in [-0.15, -0.1) is 0 Å². The van der Waals surface area contributed by atoms with Crippen molar-refractivity contribution in [1.82, 2.24) is 15.0 Å². The Labute approximate surface area is 172 Å². The first-order valence-corrected chi connectivity index (χ1v) is 8.73. The first-order chi connectivity index (χ1) is 14.8. The minimum absolute atomic E-state index is 0.0642. The van der Waals surface area contributed by atoms with E-state index in [4.69, 9.17) is 9.26 Å². The number of rotatable bonds is 6. The Hall–Kier alpha value is -4.48. The van der Waals surface area contributed by atoms with E-state index in [0.717, 1.165) is 6.07 Å². The Balaban J connectivity index is 1.40. The minimum atomic E-state index is -0.960. The van der Waals surface area contributed by atoms with E-state index >= 15 is 0 Å². The molecule has 156 valence electrons. The smallest absolute Gasteiger partial charge is 0.326 e. The van der Waals surface area contributed by atoms with E-state index in [-0.39, 0.29) is 22.8 Å². The van der Waals surface area contributed by atoms with Crippen LogP contribution in [0.2, 0.25) is 0 Å². The highest BCUT2D eigenvalue weighted by molar-refractivity contribution is 6.24. The lowest BCUT2D eigenvalue weighted by molar-refractivity contribution is -0.385. The molecule has 31 heavy (non-hydrogen) atoms. The Morgan fingerprint density at radius 1 is 1.16 bits per heavy atom. The van der Waals surface area contributed by atoms with Crippen LogP contribution in [0.1, 0.15) is 26.6 Å². The van der Waals surface area contributed by atoms with Crippen LogP contribution >= 0.6 is 0 Å². The van der Waals surface area contributed by atoms with Crippen LogP contribution < -0.4 is 0 Å². The van der Waals surface area contributed by atoms with E-state index in [1.165, 1.54) is 36.4 Å². The molecule has 0 saturated heterocycles. The maximum atomic E-state index is 13.0. The molecule has 0 atom stereocenters. The van der Waals surface area contributed by atoms with Crippen molar-refractivity contribution < 1.29 is 33.0 Å². The highest BCUT2D eigenvalue weighted by Crippen LogP contribution is 2.30. The monoisotopic (exact) mass is 426 g/mol. The largest absolute Gasteiger partial charge is 0.454 e. The van der Waals surface area contributed by atoms with E-state index in [2.05, 4.69) is 10.1 Å². The molecule has 12 heteroatoms. The number of nitro groups is 1. The third-order valence-electron chi connectivity index (χ3n) is 4.39. The maximum absolute atomic E-state index is 13.0. The summed E-state index contributed by atoms with van der Waals surface area (Å²) in [6.07, 6.45) is 0. The molecule has 0 N–H and O–H groups in total. The quantitative estimate of drug-likeness (QED) is 0.250. The van der Waals surface area contributed by atoms with Gasteiger partial charge in [0.1, 0.15) is 17.9 Å². The first kappa shape index (κ1) is 19.8. The molecule has 0 unspecified atom stereocenters. The molecular weight excluding hydrogens is 415 g/mol. The number of carbonyl (C=O) groups is 3. The van der Waals surface area contributed by atoms with Crippen LogP contribution in [0.3, 0.4) is 0 Å². The van der Waals surface area contributed by atoms with Gasteiger partial charge in [-0.25, -0.2) is 4.39 Å². The van der Waals surface area contributed by atoms with Crippen molar-refractivity contribution in [3.8, 4) is 11.4 Å². The lowest BCUT2D eigenvalue weighted by Crippen LogP contribution is -2.35. The number of aromatic nitrogens is 2. The molecule has 1 aromatic heterocycles. The van der Waals surface area contributed by atoms with Crippen molar-refractivity contribution in [3.05, 3.63) is 75.4 Å². The highest BCUT2D eigenvalue weighted by Gasteiger charge is 2.41. The summed E-state index contributed by atoms with van der Waals surface area (Å²) in [6, 6.07) is 8.96. The van der Waals surface area contributed by atoms with Crippen molar-refractivity contribution in [2.45, 2.75) is 6.61 Å². The van der Waals surface area contributed by atoms with Gasteiger partial charge in [0.25, 0.3) is 23.4 Å². The predicted molar refractivity (Wildman–Crippen MR) is 98.0 cm³/mol. The van der Waals surface area contributed by atoms with Gasteiger partial charge in [0.05, 0.1) is 10.5 Å². The van der Waals surface area contributed by atoms with Crippen molar-refractivity contribution in [1.29, 1.82) is 0 Å². The number of fused-ring (bicyclic) bond motifs is 1. The fraction of sp³-hybridized carbons (Fsp3) is 0.105. The van der Waals surface area contributed by atoms with Gasteiger partial charge in [0.2, 0.25) is 5.82 Å². The van der Waals surface area contributed by atoms with E-state index in [1.54, 1.807) is 0 Å². The topological polar surface area (TPSA) is 146 Å². The number of nitrogens with zero attached hydrogens (tertiary/aromatic N) is 4. The Morgan fingerprint density at radius 2 is 1.90 bits per heavy atom. The Kier molecular flexibility index (Phi) is 4.95. The van der Waals surface area contributed by atoms with Gasteiger partial charge in [-0.3, -0.25) is 29.4 Å². The number of halogens is 1. The molecule has 4 rings (SSSR count). The number of hydrogen-bond acceptors (Lipinski definition) is 9. The summed E-state index contributed by atoms with van der Waals surface area (Å²) in [5.74, 6) is -3.10. The van der Waals surface area contributed by atoms with Gasteiger partial charge in [0.15, 0.2) is 6.61 Å². The zero-order valence-corrected chi connectivity index (χ0v) is 15.5. The number of imide groups is 1. The van der Waals surface area contributed by atoms with Crippen LogP contribution in [-0.2, 0) is 16.1 Å². The summed E-state index contributed by atoms with van der Waals surface area (Å²) in [5, 5.41) is 14.8. The number of esters is 1. The maximum Gasteiger partial charge on any atom is 0.326 e. The molecule has 2 heterocycles. The molecule has 1 aliphatic rings. The standard InChI is InChI=1S/C19H11FN4O7/c20-11-6-4-10(5-7-11)17-21-14(31-22-17)9-30-15(25)8-23-18(26)12-2-1-3-13(24(28)29)16(12)19(23)27/h1-7H,8-9H2. The average Bonchev–Trinajstić information content (AvgIpc) is 3.32. The van der Waals surface area contributed by atoms with Gasteiger partial charge in [0, 0.05) is 11.6 Å². The number of carbonyl (C=O) groups excluding carboxylic acids is 3. The molecule has 0 saturated carbocycles. The molecule has 0 spiro atoms. The van der Waals surface area contributed by atoms with Crippen molar-refractivity contribution in [2.24, 2.45) is 0 Å². The highest BCUT2D eigenvalue weighted by atomic mass is 19.1. The van der Waals surface area contributed by atoms with Crippen LogP contribution in [0.25, 0.3) is 11.4 Å². The summed E-state index contributed by atoms with van der Waals surface area (Å²) in [5.41, 5.74) is -0.569. The third kappa shape index (κ3) is 3.73. The lowest BCUT2D eigenvalue weighted by atomic mass is 10.1. The van der Waals surface area contributed by atoms with Gasteiger partial charge in [-0.1, -0.05) is 11.2 Å². The summed E-state index contributed by atoms with van der Waals surface area (Å²) < 4.78 is 22.9. The van der Waals surface area contributed by atoms with Crippen LogP contribution in [0.5, 0.6) is 0 Å². The van der Waals surface area contributed by atoms with Gasteiger partial charge < -0.3 is 9.26 Å². The van der Waals surface area contributed by atoms with Crippen LogP contribution in [0.15, 0.2) is 47.0 Å². The van der Waals surface area contributed by atoms with E-state index < -0.39 is 47.4 Å². The molecule has 2 amide bonds. The average molecular weight is 426 g/mol. The van der Waals surface area contributed by atoms with Crippen molar-refractivity contribution >= 4 is 23.5 Å². The molecule has 0 aliphatic carbocycles. The number of benzene rings is 2. The second-order valence-corrected chi connectivity index (χ2v) is 6.33. The van der Waals surface area contributed by atoms with Crippen LogP contribution in [0.4, 0.5) is 10.1 Å². The number of hydrogen-bond donors (Lipinski definition) is 0. The molecule has 0 radical (unpaired) electrons. The second-order valence-electron chi connectivity index (χ2n) is 6.33. The van der Waals surface area contributed by atoms with E-state index in [9.17, 15) is 28.9 Å².